The van der Waals surface area contributed by atoms with Gasteiger partial charge in [0.1, 0.15) is 5.54 Å². The molecule has 0 heterocycles. The summed E-state index contributed by atoms with van der Waals surface area (Å²) in [5, 5.41) is 9.38. The molecule has 0 bridgehead atoms. The van der Waals surface area contributed by atoms with E-state index >= 15 is 0 Å². The fourth-order valence-corrected chi connectivity index (χ4v) is 3.71. The van der Waals surface area contributed by atoms with Crippen LogP contribution in [-0.4, -0.2) is 41.1 Å². The third-order valence-corrected chi connectivity index (χ3v) is 5.49. The van der Waals surface area contributed by atoms with Crippen molar-refractivity contribution in [3.8, 4) is 0 Å². The topological polar surface area (TPSA) is 66.6 Å². The molecule has 4 nitrogen and oxygen atoms in total. The summed E-state index contributed by atoms with van der Waals surface area (Å²) in [4.78, 5) is 14.0. The van der Waals surface area contributed by atoms with E-state index in [0.717, 1.165) is 37.6 Å². The summed E-state index contributed by atoms with van der Waals surface area (Å²) in [6.07, 6.45) is 9.13. The number of aliphatic carboxylic acids is 1. The largest absolute Gasteiger partial charge is 0.480 e. The van der Waals surface area contributed by atoms with Crippen LogP contribution >= 0.6 is 0 Å². The zero-order valence-electron chi connectivity index (χ0n) is 12.4. The molecule has 2 atom stereocenters. The zero-order valence-corrected chi connectivity index (χ0v) is 12.4. The highest BCUT2D eigenvalue weighted by molar-refractivity contribution is 5.79. The summed E-state index contributed by atoms with van der Waals surface area (Å²) < 4.78 is 0. The lowest BCUT2D eigenvalue weighted by Gasteiger charge is -2.30. The van der Waals surface area contributed by atoms with Crippen LogP contribution in [0.4, 0.5) is 0 Å². The van der Waals surface area contributed by atoms with Crippen LogP contribution in [-0.2, 0) is 4.79 Å². The van der Waals surface area contributed by atoms with Gasteiger partial charge in [0.05, 0.1) is 0 Å². The first kappa shape index (κ1) is 14.3. The fraction of sp³-hybridized carbons (Fsp3) is 0.938. The average molecular weight is 280 g/mol. The maximum Gasteiger partial charge on any atom is 0.323 e. The molecule has 3 aliphatic carbocycles. The Morgan fingerprint density at radius 2 is 1.75 bits per heavy atom. The number of carboxylic acid groups (broad SMARTS) is 1. The van der Waals surface area contributed by atoms with Gasteiger partial charge in [-0.1, -0.05) is 6.42 Å². The number of nitrogens with zero attached hydrogens (tertiary/aromatic N) is 1. The van der Waals surface area contributed by atoms with Crippen LogP contribution in [0.3, 0.4) is 0 Å². The maximum absolute atomic E-state index is 11.4. The molecule has 0 saturated heterocycles. The summed E-state index contributed by atoms with van der Waals surface area (Å²) in [5.74, 6) is 1.20. The molecule has 3 fully saturated rings. The normalized spacial score (nSPS) is 33.8. The van der Waals surface area contributed by atoms with Crippen molar-refractivity contribution in [2.24, 2.45) is 23.5 Å². The van der Waals surface area contributed by atoms with Gasteiger partial charge in [0.25, 0.3) is 0 Å². The number of carboxylic acids is 1. The molecule has 0 aromatic heterocycles. The average Bonchev–Trinajstić information content (AvgIpc) is 3.31. The van der Waals surface area contributed by atoms with Gasteiger partial charge in [0.15, 0.2) is 0 Å². The SMILES string of the molecule is NC1(C(=O)O)CCCC1CCN(CC1CC1)CC1CC1. The number of rotatable bonds is 8. The van der Waals surface area contributed by atoms with E-state index in [1.165, 1.54) is 38.8 Å². The van der Waals surface area contributed by atoms with Crippen LogP contribution < -0.4 is 5.73 Å². The first-order chi connectivity index (χ1) is 9.58. The van der Waals surface area contributed by atoms with Crippen molar-refractivity contribution in [1.29, 1.82) is 0 Å². The van der Waals surface area contributed by atoms with Gasteiger partial charge in [-0.3, -0.25) is 4.79 Å². The Morgan fingerprint density at radius 3 is 2.25 bits per heavy atom. The monoisotopic (exact) mass is 280 g/mol. The Morgan fingerprint density at radius 1 is 1.15 bits per heavy atom. The lowest BCUT2D eigenvalue weighted by Crippen LogP contribution is -2.51. The standard InChI is InChI=1S/C16H28N2O2/c17-16(15(19)20)8-1-2-14(16)7-9-18(10-12-3-4-12)11-13-5-6-13/h12-14H,1-11,17H2,(H,19,20). The van der Waals surface area contributed by atoms with E-state index in [9.17, 15) is 9.90 Å². The third kappa shape index (κ3) is 3.34. The van der Waals surface area contributed by atoms with Crippen LogP contribution in [0.5, 0.6) is 0 Å². The van der Waals surface area contributed by atoms with Gasteiger partial charge in [-0.25, -0.2) is 0 Å². The van der Waals surface area contributed by atoms with Crippen molar-refractivity contribution in [3.05, 3.63) is 0 Å². The lowest BCUT2D eigenvalue weighted by molar-refractivity contribution is -0.144. The molecule has 20 heavy (non-hydrogen) atoms. The molecular weight excluding hydrogens is 252 g/mol. The van der Waals surface area contributed by atoms with Crippen LogP contribution in [0.15, 0.2) is 0 Å². The van der Waals surface area contributed by atoms with Gasteiger partial charge in [-0.15, -0.1) is 0 Å². The van der Waals surface area contributed by atoms with E-state index in [1.54, 1.807) is 0 Å². The lowest BCUT2D eigenvalue weighted by atomic mass is 9.85. The van der Waals surface area contributed by atoms with Gasteiger partial charge >= 0.3 is 5.97 Å². The van der Waals surface area contributed by atoms with Gasteiger partial charge in [0.2, 0.25) is 0 Å². The van der Waals surface area contributed by atoms with E-state index in [1.807, 2.05) is 0 Å². The second kappa shape index (κ2) is 5.64. The van der Waals surface area contributed by atoms with Crippen LogP contribution in [0.1, 0.15) is 51.4 Å². The van der Waals surface area contributed by atoms with Gasteiger partial charge in [0, 0.05) is 13.1 Å². The molecule has 0 radical (unpaired) electrons. The highest BCUT2D eigenvalue weighted by atomic mass is 16.4. The van der Waals surface area contributed by atoms with Crippen molar-refractivity contribution in [2.45, 2.75) is 56.9 Å². The summed E-state index contributed by atoms with van der Waals surface area (Å²) >= 11 is 0. The fourth-order valence-electron chi connectivity index (χ4n) is 3.71. The van der Waals surface area contributed by atoms with Gasteiger partial charge in [-0.2, -0.15) is 0 Å². The highest BCUT2D eigenvalue weighted by Gasteiger charge is 2.45. The molecule has 4 heteroatoms. The number of nitrogens with two attached hydrogens (primary N) is 1. The molecule has 0 spiro atoms. The second-order valence-corrected chi connectivity index (χ2v) is 7.37. The third-order valence-electron chi connectivity index (χ3n) is 5.49. The van der Waals surface area contributed by atoms with Crippen LogP contribution in [0.25, 0.3) is 0 Å². The van der Waals surface area contributed by atoms with Crippen molar-refractivity contribution in [3.63, 3.8) is 0 Å². The van der Waals surface area contributed by atoms with E-state index < -0.39 is 11.5 Å². The summed E-state index contributed by atoms with van der Waals surface area (Å²) in [6, 6.07) is 0. The van der Waals surface area contributed by atoms with Crippen molar-refractivity contribution in [1.82, 2.24) is 4.90 Å². The van der Waals surface area contributed by atoms with E-state index in [0.29, 0.717) is 6.42 Å². The van der Waals surface area contributed by atoms with Crippen molar-refractivity contribution in [2.75, 3.05) is 19.6 Å². The minimum atomic E-state index is -0.954. The molecule has 0 amide bonds. The Balaban J connectivity index is 1.51. The molecule has 3 N–H and O–H groups in total. The molecule has 0 aromatic rings. The Labute approximate surface area is 121 Å². The Bertz CT molecular complexity index is 351. The van der Waals surface area contributed by atoms with Gasteiger partial charge < -0.3 is 15.7 Å². The quantitative estimate of drug-likeness (QED) is 0.714. The minimum absolute atomic E-state index is 0.168. The Hall–Kier alpha value is -0.610. The second-order valence-electron chi connectivity index (χ2n) is 7.37. The predicted octanol–water partition coefficient (Wildman–Crippen LogP) is 2.08. The summed E-state index contributed by atoms with van der Waals surface area (Å²) in [6.45, 7) is 3.51. The highest BCUT2D eigenvalue weighted by Crippen LogP contribution is 2.38. The van der Waals surface area contributed by atoms with E-state index in [4.69, 9.17) is 5.73 Å². The van der Waals surface area contributed by atoms with Crippen LogP contribution in [0.2, 0.25) is 0 Å². The zero-order chi connectivity index (χ0) is 14.2. The molecule has 2 unspecified atom stereocenters. The van der Waals surface area contributed by atoms with Gasteiger partial charge in [-0.05, 0) is 69.2 Å². The van der Waals surface area contributed by atoms with E-state index in [2.05, 4.69) is 4.90 Å². The summed E-state index contributed by atoms with van der Waals surface area (Å²) in [5.41, 5.74) is 5.19. The molecule has 0 aromatic carbocycles. The molecule has 3 aliphatic rings. The van der Waals surface area contributed by atoms with Crippen LogP contribution in [0, 0.1) is 17.8 Å². The first-order valence-electron chi connectivity index (χ1n) is 8.32. The minimum Gasteiger partial charge on any atom is -0.480 e. The van der Waals surface area contributed by atoms with E-state index in [-0.39, 0.29) is 5.92 Å². The molecule has 3 rings (SSSR count). The number of hydrogen-bond acceptors (Lipinski definition) is 3. The molecule has 114 valence electrons. The van der Waals surface area contributed by atoms with Crippen molar-refractivity contribution < 1.29 is 9.90 Å². The smallest absolute Gasteiger partial charge is 0.323 e. The van der Waals surface area contributed by atoms with Crippen molar-refractivity contribution >= 4 is 5.97 Å². The molecular formula is C16H28N2O2. The molecule has 3 saturated carbocycles. The first-order valence-corrected chi connectivity index (χ1v) is 8.32. The Kier molecular flexibility index (Phi) is 4.04. The number of hydrogen-bond donors (Lipinski definition) is 2. The predicted molar refractivity (Wildman–Crippen MR) is 78.4 cm³/mol. The maximum atomic E-state index is 11.4. The number of carbonyl (C=O) groups is 1. The summed E-state index contributed by atoms with van der Waals surface area (Å²) in [7, 11) is 0. The molecule has 0 aliphatic heterocycles.